The fraction of sp³-hybridized carbons (Fsp3) is 0.667. The topological polar surface area (TPSA) is 66.8 Å². The van der Waals surface area contributed by atoms with Crippen LogP contribution in [0.1, 0.15) is 19.3 Å². The average Bonchev–Trinajstić information content (AvgIpc) is 2.08. The maximum atomic E-state index is 10.9. The van der Waals surface area contributed by atoms with Crippen LogP contribution < -0.4 is 0 Å². The highest BCUT2D eigenvalue weighted by Crippen LogP contribution is 2.05. The van der Waals surface area contributed by atoms with E-state index < -0.39 is 18.2 Å². The first kappa shape index (κ1) is 10.2. The summed E-state index contributed by atoms with van der Waals surface area (Å²) in [5, 5.41) is 18.5. The number of aliphatic hydroxyl groups excluding tert-OH is 2. The van der Waals surface area contributed by atoms with Gasteiger partial charge in [-0.05, 0) is 12.8 Å². The highest BCUT2D eigenvalue weighted by Gasteiger charge is 2.11. The molecule has 2 atom stereocenters. The second kappa shape index (κ2) is 4.99. The largest absolute Gasteiger partial charge is 0.466 e. The first-order valence-corrected chi connectivity index (χ1v) is 4.38. The summed E-state index contributed by atoms with van der Waals surface area (Å²) >= 11 is 0. The third kappa shape index (κ3) is 4.05. The van der Waals surface area contributed by atoms with Crippen LogP contribution in [0.25, 0.3) is 0 Å². The molecule has 4 heteroatoms. The van der Waals surface area contributed by atoms with E-state index in [-0.39, 0.29) is 6.42 Å². The Balaban J connectivity index is 2.52. The van der Waals surface area contributed by atoms with Gasteiger partial charge in [-0.15, -0.1) is 0 Å². The molecule has 0 aromatic heterocycles. The third-order valence-corrected chi connectivity index (χ3v) is 1.84. The van der Waals surface area contributed by atoms with Gasteiger partial charge in [0, 0.05) is 0 Å². The van der Waals surface area contributed by atoms with E-state index in [2.05, 4.69) is 0 Å². The van der Waals surface area contributed by atoms with Crippen molar-refractivity contribution in [3.05, 3.63) is 12.2 Å². The normalized spacial score (nSPS) is 31.1. The summed E-state index contributed by atoms with van der Waals surface area (Å²) in [7, 11) is 0. The Bertz CT molecular complexity index is 200. The number of hydrogen-bond donors (Lipinski definition) is 2. The molecule has 0 saturated heterocycles. The lowest BCUT2D eigenvalue weighted by molar-refractivity contribution is -0.145. The van der Waals surface area contributed by atoms with Crippen LogP contribution in [0.5, 0.6) is 0 Å². The number of rotatable bonds is 0. The van der Waals surface area contributed by atoms with Crippen LogP contribution >= 0.6 is 0 Å². The minimum Gasteiger partial charge on any atom is -0.466 e. The minimum atomic E-state index is -0.847. The molecule has 0 amide bonds. The quantitative estimate of drug-likeness (QED) is 0.412. The second-order valence-electron chi connectivity index (χ2n) is 3.09. The van der Waals surface area contributed by atoms with Crippen LogP contribution in [0.3, 0.4) is 0 Å². The van der Waals surface area contributed by atoms with Crippen molar-refractivity contribution in [1.82, 2.24) is 0 Å². The van der Waals surface area contributed by atoms with Crippen LogP contribution in [0, 0.1) is 0 Å². The van der Waals surface area contributed by atoms with Crippen LogP contribution in [-0.2, 0) is 9.53 Å². The molecule has 1 aliphatic rings. The molecule has 4 nitrogen and oxygen atoms in total. The Morgan fingerprint density at radius 3 is 2.77 bits per heavy atom. The van der Waals surface area contributed by atoms with E-state index in [4.69, 9.17) is 4.74 Å². The van der Waals surface area contributed by atoms with Gasteiger partial charge in [0.25, 0.3) is 0 Å². The maximum absolute atomic E-state index is 10.9. The van der Waals surface area contributed by atoms with Gasteiger partial charge in [-0.1, -0.05) is 12.2 Å². The summed E-state index contributed by atoms with van der Waals surface area (Å²) in [6, 6.07) is 0. The number of carbonyl (C=O) groups excluding carboxylic acids is 1. The lowest BCUT2D eigenvalue weighted by atomic mass is 10.1. The molecular formula is C9H14O4. The SMILES string of the molecule is O=C1C[C@H](O)C=C[C@H](O)CCCO1. The standard InChI is InChI=1S/C9H14O4/c10-7-2-1-5-13-9(12)6-8(11)4-3-7/h3-4,7-8,10-11H,1-2,5-6H2/t7-,8-/m1/s1. The summed E-state index contributed by atoms with van der Waals surface area (Å²) in [5.41, 5.74) is 0. The summed E-state index contributed by atoms with van der Waals surface area (Å²) in [6.07, 6.45) is 2.71. The lowest BCUT2D eigenvalue weighted by Gasteiger charge is -2.11. The number of esters is 1. The predicted octanol–water partition coefficient (Wildman–Crippen LogP) is -0.00850. The Morgan fingerprint density at radius 2 is 2.00 bits per heavy atom. The van der Waals surface area contributed by atoms with Gasteiger partial charge in [0.15, 0.2) is 0 Å². The van der Waals surface area contributed by atoms with Gasteiger partial charge in [0.05, 0.1) is 25.2 Å². The molecule has 74 valence electrons. The molecule has 0 radical (unpaired) electrons. The zero-order chi connectivity index (χ0) is 9.68. The van der Waals surface area contributed by atoms with Crippen molar-refractivity contribution >= 4 is 5.97 Å². The molecule has 1 aliphatic heterocycles. The molecular weight excluding hydrogens is 172 g/mol. The zero-order valence-corrected chi connectivity index (χ0v) is 7.35. The molecule has 0 unspecified atom stereocenters. The van der Waals surface area contributed by atoms with Gasteiger partial charge in [-0.2, -0.15) is 0 Å². The highest BCUT2D eigenvalue weighted by atomic mass is 16.5. The first-order valence-electron chi connectivity index (χ1n) is 4.38. The van der Waals surface area contributed by atoms with Crippen molar-refractivity contribution in [2.75, 3.05) is 6.61 Å². The number of ether oxygens (including phenoxy) is 1. The molecule has 0 saturated carbocycles. The van der Waals surface area contributed by atoms with Crippen molar-refractivity contribution in [3.8, 4) is 0 Å². The maximum Gasteiger partial charge on any atom is 0.308 e. The van der Waals surface area contributed by atoms with Crippen molar-refractivity contribution in [1.29, 1.82) is 0 Å². The van der Waals surface area contributed by atoms with E-state index in [1.807, 2.05) is 0 Å². The molecule has 0 aromatic rings. The second-order valence-corrected chi connectivity index (χ2v) is 3.09. The summed E-state index contributed by atoms with van der Waals surface area (Å²) in [4.78, 5) is 10.9. The first-order chi connectivity index (χ1) is 6.18. The Morgan fingerprint density at radius 1 is 1.31 bits per heavy atom. The molecule has 0 fully saturated rings. The smallest absolute Gasteiger partial charge is 0.308 e. The molecule has 13 heavy (non-hydrogen) atoms. The van der Waals surface area contributed by atoms with E-state index in [1.165, 1.54) is 12.2 Å². The van der Waals surface area contributed by atoms with Crippen molar-refractivity contribution in [2.24, 2.45) is 0 Å². The van der Waals surface area contributed by atoms with E-state index in [0.29, 0.717) is 19.4 Å². The summed E-state index contributed by atoms with van der Waals surface area (Å²) < 4.78 is 4.79. The molecule has 0 aromatic carbocycles. The van der Waals surface area contributed by atoms with Crippen molar-refractivity contribution in [2.45, 2.75) is 31.5 Å². The van der Waals surface area contributed by atoms with Crippen molar-refractivity contribution < 1.29 is 19.7 Å². The van der Waals surface area contributed by atoms with E-state index in [9.17, 15) is 15.0 Å². The summed E-state index contributed by atoms with van der Waals surface area (Å²) in [6.45, 7) is 0.316. The lowest BCUT2D eigenvalue weighted by Crippen LogP contribution is -2.17. The molecule has 0 aliphatic carbocycles. The van der Waals surface area contributed by atoms with E-state index in [0.717, 1.165) is 0 Å². The van der Waals surface area contributed by atoms with Gasteiger partial charge < -0.3 is 14.9 Å². The van der Waals surface area contributed by atoms with Gasteiger partial charge in [0.1, 0.15) is 0 Å². The van der Waals surface area contributed by atoms with Crippen LogP contribution in [-0.4, -0.2) is 35.0 Å². The minimum absolute atomic E-state index is 0.0385. The van der Waals surface area contributed by atoms with E-state index in [1.54, 1.807) is 0 Å². The van der Waals surface area contributed by atoms with Gasteiger partial charge in [-0.25, -0.2) is 0 Å². The Kier molecular flexibility index (Phi) is 3.92. The Hall–Kier alpha value is -0.870. The van der Waals surface area contributed by atoms with Crippen LogP contribution in [0.4, 0.5) is 0 Å². The van der Waals surface area contributed by atoms with Crippen LogP contribution in [0.2, 0.25) is 0 Å². The fourth-order valence-electron chi connectivity index (χ4n) is 1.13. The molecule has 2 N–H and O–H groups in total. The highest BCUT2D eigenvalue weighted by molar-refractivity contribution is 5.70. The third-order valence-electron chi connectivity index (χ3n) is 1.84. The number of carbonyl (C=O) groups is 1. The summed E-state index contributed by atoms with van der Waals surface area (Å²) in [5.74, 6) is -0.395. The van der Waals surface area contributed by atoms with Gasteiger partial charge in [-0.3, -0.25) is 4.79 Å². The zero-order valence-electron chi connectivity index (χ0n) is 7.35. The van der Waals surface area contributed by atoms with Crippen LogP contribution in [0.15, 0.2) is 12.2 Å². The molecule has 0 bridgehead atoms. The monoisotopic (exact) mass is 186 g/mol. The van der Waals surface area contributed by atoms with Gasteiger partial charge >= 0.3 is 5.97 Å². The Labute approximate surface area is 76.8 Å². The number of cyclic esters (lactones) is 1. The molecule has 0 spiro atoms. The molecule has 1 rings (SSSR count). The molecule has 1 heterocycles. The van der Waals surface area contributed by atoms with E-state index >= 15 is 0 Å². The van der Waals surface area contributed by atoms with Gasteiger partial charge in [0.2, 0.25) is 0 Å². The van der Waals surface area contributed by atoms with Crippen molar-refractivity contribution in [3.63, 3.8) is 0 Å². The fourth-order valence-corrected chi connectivity index (χ4v) is 1.13. The predicted molar refractivity (Wildman–Crippen MR) is 46.0 cm³/mol. The number of aliphatic hydroxyl groups is 2. The number of hydrogen-bond acceptors (Lipinski definition) is 4. The average molecular weight is 186 g/mol.